The second-order valence-corrected chi connectivity index (χ2v) is 7.68. The predicted octanol–water partition coefficient (Wildman–Crippen LogP) is 5.80. The number of nitrogens with zero attached hydrogens (tertiary/aromatic N) is 4. The van der Waals surface area contributed by atoms with Crippen molar-refractivity contribution in [1.29, 1.82) is 0 Å². The highest BCUT2D eigenvalue weighted by atomic mass is 35.5. The molecule has 2 heterocycles. The minimum atomic E-state index is 0. The smallest absolute Gasteiger partial charge is 0.234 e. The van der Waals surface area contributed by atoms with Gasteiger partial charge in [0.2, 0.25) is 5.78 Å². The number of fused-ring (bicyclic) bond motifs is 1. The Bertz CT molecular complexity index is 871. The van der Waals surface area contributed by atoms with Crippen LogP contribution in [0, 0.1) is 6.92 Å². The van der Waals surface area contributed by atoms with Crippen LogP contribution in [-0.4, -0.2) is 45.5 Å². The van der Waals surface area contributed by atoms with Crippen molar-refractivity contribution in [1.82, 2.24) is 19.3 Å². The second kappa shape index (κ2) is 12.6. The molecule has 0 bridgehead atoms. The van der Waals surface area contributed by atoms with Gasteiger partial charge in [0, 0.05) is 30.2 Å². The summed E-state index contributed by atoms with van der Waals surface area (Å²) in [5, 5.41) is 0. The number of hydrogen-bond acceptors (Lipinski definition) is 4. The summed E-state index contributed by atoms with van der Waals surface area (Å²) < 4.78 is 7.92. The van der Waals surface area contributed by atoms with E-state index in [9.17, 15) is 0 Å². The quantitative estimate of drug-likeness (QED) is 0.340. The van der Waals surface area contributed by atoms with E-state index in [0.717, 1.165) is 48.1 Å². The molecule has 1 aromatic carbocycles. The number of hydrogen-bond donors (Lipinski definition) is 0. The molecule has 0 saturated carbocycles. The van der Waals surface area contributed by atoms with Gasteiger partial charge in [-0.25, -0.2) is 9.97 Å². The zero-order valence-corrected chi connectivity index (χ0v) is 19.3. The van der Waals surface area contributed by atoms with Gasteiger partial charge in [-0.05, 0) is 69.6 Å². The molecule has 3 rings (SSSR count). The Hall–Kier alpha value is -2.11. The molecule has 30 heavy (non-hydrogen) atoms. The van der Waals surface area contributed by atoms with Crippen molar-refractivity contribution in [3.8, 4) is 17.0 Å². The monoisotopic (exact) mass is 430 g/mol. The van der Waals surface area contributed by atoms with Crippen LogP contribution in [0.2, 0.25) is 0 Å². The number of aryl methyl sites for hydroxylation is 1. The summed E-state index contributed by atoms with van der Waals surface area (Å²) in [6, 6.07) is 10.2. The largest absolute Gasteiger partial charge is 0.494 e. The first-order chi connectivity index (χ1) is 14.2. The molecule has 0 fully saturated rings. The van der Waals surface area contributed by atoms with E-state index in [-0.39, 0.29) is 12.4 Å². The highest BCUT2D eigenvalue weighted by Crippen LogP contribution is 2.22. The summed E-state index contributed by atoms with van der Waals surface area (Å²) in [7, 11) is 0. The van der Waals surface area contributed by atoms with E-state index in [1.807, 2.05) is 41.9 Å². The van der Waals surface area contributed by atoms with E-state index in [0.29, 0.717) is 0 Å². The third-order valence-electron chi connectivity index (χ3n) is 5.16. The second-order valence-electron chi connectivity index (χ2n) is 7.68. The van der Waals surface area contributed by atoms with Crippen LogP contribution >= 0.6 is 12.4 Å². The molecule has 164 valence electrons. The molecule has 0 aliphatic heterocycles. The Morgan fingerprint density at radius 3 is 2.23 bits per heavy atom. The fourth-order valence-electron chi connectivity index (χ4n) is 3.40. The highest BCUT2D eigenvalue weighted by Gasteiger charge is 2.07. The van der Waals surface area contributed by atoms with Crippen LogP contribution in [0.15, 0.2) is 42.7 Å². The average Bonchev–Trinajstić information content (AvgIpc) is 3.16. The first-order valence-electron chi connectivity index (χ1n) is 11.0. The minimum Gasteiger partial charge on any atom is -0.494 e. The lowest BCUT2D eigenvalue weighted by atomic mass is 10.2. The van der Waals surface area contributed by atoms with Gasteiger partial charge in [-0.1, -0.05) is 26.7 Å². The van der Waals surface area contributed by atoms with Gasteiger partial charge in [0.25, 0.3) is 0 Å². The summed E-state index contributed by atoms with van der Waals surface area (Å²) in [6.07, 6.45) is 10.1. The first kappa shape index (κ1) is 24.2. The maximum atomic E-state index is 5.97. The molecule has 0 N–H and O–H groups in total. The van der Waals surface area contributed by atoms with Gasteiger partial charge >= 0.3 is 0 Å². The Labute approximate surface area is 186 Å². The van der Waals surface area contributed by atoms with Crippen molar-refractivity contribution in [2.45, 2.75) is 52.9 Å². The molecule has 0 aliphatic carbocycles. The molecule has 5 nitrogen and oxygen atoms in total. The number of aromatic nitrogens is 3. The summed E-state index contributed by atoms with van der Waals surface area (Å²) in [6.45, 7) is 10.8. The summed E-state index contributed by atoms with van der Waals surface area (Å²) >= 11 is 0. The third-order valence-corrected chi connectivity index (χ3v) is 5.16. The molecule has 6 heteroatoms. The fourth-order valence-corrected chi connectivity index (χ4v) is 3.40. The lowest BCUT2D eigenvalue weighted by Gasteiger charge is -2.21. The Kier molecular flexibility index (Phi) is 10.1. The van der Waals surface area contributed by atoms with E-state index in [1.54, 1.807) is 0 Å². The van der Waals surface area contributed by atoms with E-state index in [2.05, 4.69) is 40.8 Å². The van der Waals surface area contributed by atoms with E-state index in [4.69, 9.17) is 4.74 Å². The predicted molar refractivity (Wildman–Crippen MR) is 127 cm³/mol. The zero-order valence-electron chi connectivity index (χ0n) is 18.5. The van der Waals surface area contributed by atoms with Crippen molar-refractivity contribution in [2.24, 2.45) is 0 Å². The van der Waals surface area contributed by atoms with Gasteiger partial charge in [-0.15, -0.1) is 12.4 Å². The zero-order chi connectivity index (χ0) is 20.5. The SMILES string of the molecule is CCCCN(CCCC)CCCOc1ccc(-c2cn3ccc(C)nc3n2)cc1.Cl. The Morgan fingerprint density at radius 2 is 1.57 bits per heavy atom. The fraction of sp³-hybridized carbons (Fsp3) is 0.500. The maximum absolute atomic E-state index is 5.97. The van der Waals surface area contributed by atoms with E-state index >= 15 is 0 Å². The van der Waals surface area contributed by atoms with Gasteiger partial charge in [0.05, 0.1) is 12.3 Å². The van der Waals surface area contributed by atoms with Gasteiger partial charge in [-0.2, -0.15) is 0 Å². The van der Waals surface area contributed by atoms with Crippen LogP contribution < -0.4 is 4.74 Å². The molecule has 3 aromatic rings. The number of imidazole rings is 1. The molecule has 0 amide bonds. The van der Waals surface area contributed by atoms with Crippen molar-refractivity contribution >= 4 is 18.2 Å². The normalized spacial score (nSPS) is 11.1. The summed E-state index contributed by atoms with van der Waals surface area (Å²) in [5.74, 6) is 1.65. The number of halogens is 1. The van der Waals surface area contributed by atoms with E-state index in [1.165, 1.54) is 38.8 Å². The van der Waals surface area contributed by atoms with Crippen LogP contribution in [0.4, 0.5) is 0 Å². The molecule has 0 spiro atoms. The first-order valence-corrected chi connectivity index (χ1v) is 11.0. The minimum absolute atomic E-state index is 0. The third kappa shape index (κ3) is 6.99. The van der Waals surface area contributed by atoms with Crippen LogP contribution in [0.5, 0.6) is 5.75 Å². The molecule has 2 aromatic heterocycles. The topological polar surface area (TPSA) is 42.7 Å². The van der Waals surface area contributed by atoms with Gasteiger partial charge in [0.1, 0.15) is 5.75 Å². The van der Waals surface area contributed by atoms with Crippen LogP contribution in [0.3, 0.4) is 0 Å². The number of ether oxygens (including phenoxy) is 1. The van der Waals surface area contributed by atoms with Crippen LogP contribution in [0.1, 0.15) is 51.6 Å². The molecule has 0 unspecified atom stereocenters. The molecule has 0 atom stereocenters. The van der Waals surface area contributed by atoms with Gasteiger partial charge in [0.15, 0.2) is 0 Å². The van der Waals surface area contributed by atoms with E-state index < -0.39 is 0 Å². The van der Waals surface area contributed by atoms with Gasteiger partial charge < -0.3 is 9.64 Å². The van der Waals surface area contributed by atoms with Crippen molar-refractivity contribution < 1.29 is 4.74 Å². The number of benzene rings is 1. The average molecular weight is 431 g/mol. The summed E-state index contributed by atoms with van der Waals surface area (Å²) in [5.41, 5.74) is 2.98. The van der Waals surface area contributed by atoms with Crippen LogP contribution in [0.25, 0.3) is 17.0 Å². The lowest BCUT2D eigenvalue weighted by Crippen LogP contribution is -2.28. The standard InChI is InChI=1S/C24H34N4O.ClH/c1-4-6-14-27(15-7-5-2)16-8-18-29-22-11-9-21(10-12-22)23-19-28-17-13-20(3)25-24(28)26-23;/h9-13,17,19H,4-8,14-16,18H2,1-3H3;1H. The Morgan fingerprint density at radius 1 is 0.900 bits per heavy atom. The molecule has 0 saturated heterocycles. The maximum Gasteiger partial charge on any atom is 0.234 e. The highest BCUT2D eigenvalue weighted by molar-refractivity contribution is 5.85. The number of unbranched alkanes of at least 4 members (excludes halogenated alkanes) is 2. The van der Waals surface area contributed by atoms with Crippen LogP contribution in [-0.2, 0) is 0 Å². The molecular weight excluding hydrogens is 396 g/mol. The van der Waals surface area contributed by atoms with Crippen molar-refractivity contribution in [3.05, 3.63) is 48.4 Å². The van der Waals surface area contributed by atoms with Crippen molar-refractivity contribution in [2.75, 3.05) is 26.2 Å². The van der Waals surface area contributed by atoms with Crippen molar-refractivity contribution in [3.63, 3.8) is 0 Å². The van der Waals surface area contributed by atoms with Gasteiger partial charge in [-0.3, -0.25) is 4.40 Å². The molecule has 0 radical (unpaired) electrons. The summed E-state index contributed by atoms with van der Waals surface area (Å²) in [4.78, 5) is 11.7. The molecule has 0 aliphatic rings. The molecular formula is C24H35ClN4O. The Balaban J connectivity index is 0.00000320. The number of rotatable bonds is 12. The lowest BCUT2D eigenvalue weighted by molar-refractivity contribution is 0.229.